The molecule has 1 aromatic carbocycles. The second-order valence-corrected chi connectivity index (χ2v) is 5.72. The highest BCUT2D eigenvalue weighted by molar-refractivity contribution is 5.84. The minimum Gasteiger partial charge on any atom is -0.361 e. The smallest absolute Gasteiger partial charge is 0.0624 e. The third kappa shape index (κ3) is 2.24. The van der Waals surface area contributed by atoms with E-state index in [0.29, 0.717) is 6.04 Å². The predicted molar refractivity (Wildman–Crippen MR) is 85.2 cm³/mol. The van der Waals surface area contributed by atoms with Crippen molar-refractivity contribution in [3.8, 4) is 0 Å². The Hall–Kier alpha value is -2.13. The third-order valence-electron chi connectivity index (χ3n) is 4.44. The summed E-state index contributed by atoms with van der Waals surface area (Å²) in [5.74, 6) is 0. The van der Waals surface area contributed by atoms with E-state index >= 15 is 0 Å². The van der Waals surface area contributed by atoms with Gasteiger partial charge < -0.3 is 4.98 Å². The molecule has 1 saturated heterocycles. The van der Waals surface area contributed by atoms with Crippen LogP contribution in [-0.2, 0) is 0 Å². The predicted octanol–water partition coefficient (Wildman–Crippen LogP) is 3.75. The van der Waals surface area contributed by atoms with E-state index in [2.05, 4.69) is 57.5 Å². The Kier molecular flexibility index (Phi) is 3.20. The van der Waals surface area contributed by atoms with Crippen LogP contribution >= 0.6 is 0 Å². The fraction of sp³-hybridized carbons (Fsp3) is 0.278. The molecule has 0 saturated carbocycles. The highest BCUT2D eigenvalue weighted by atomic mass is 15.2. The zero-order valence-electron chi connectivity index (χ0n) is 12.0. The van der Waals surface area contributed by atoms with Gasteiger partial charge in [-0.15, -0.1) is 0 Å². The number of aromatic nitrogens is 2. The van der Waals surface area contributed by atoms with E-state index in [1.165, 1.54) is 48.0 Å². The number of pyridine rings is 1. The molecule has 2 aromatic heterocycles. The molecule has 1 aliphatic rings. The van der Waals surface area contributed by atoms with Crippen LogP contribution in [0.15, 0.2) is 55.0 Å². The van der Waals surface area contributed by atoms with Gasteiger partial charge in [0.1, 0.15) is 0 Å². The third-order valence-corrected chi connectivity index (χ3v) is 4.44. The molecule has 0 spiro atoms. The Bertz CT molecular complexity index is 726. The lowest BCUT2D eigenvalue weighted by Crippen LogP contribution is -2.26. The Balaban J connectivity index is 1.85. The molecule has 106 valence electrons. The minimum absolute atomic E-state index is 0.326. The second-order valence-electron chi connectivity index (χ2n) is 5.72. The van der Waals surface area contributed by atoms with Crippen LogP contribution in [0.5, 0.6) is 0 Å². The van der Waals surface area contributed by atoms with Gasteiger partial charge >= 0.3 is 0 Å². The van der Waals surface area contributed by atoms with Crippen molar-refractivity contribution >= 4 is 10.9 Å². The molecule has 4 rings (SSSR count). The monoisotopic (exact) mass is 277 g/mol. The number of benzene rings is 1. The number of hydrogen-bond donors (Lipinski definition) is 1. The average molecular weight is 277 g/mol. The number of likely N-dealkylation sites (tertiary alicyclic amines) is 1. The van der Waals surface area contributed by atoms with E-state index in [9.17, 15) is 0 Å². The number of nitrogens with zero attached hydrogens (tertiary/aromatic N) is 2. The summed E-state index contributed by atoms with van der Waals surface area (Å²) in [6, 6.07) is 13.2. The van der Waals surface area contributed by atoms with Gasteiger partial charge in [0.2, 0.25) is 0 Å². The van der Waals surface area contributed by atoms with E-state index in [1.807, 2.05) is 12.4 Å². The first-order chi connectivity index (χ1) is 10.4. The summed E-state index contributed by atoms with van der Waals surface area (Å²) in [5.41, 5.74) is 3.92. The summed E-state index contributed by atoms with van der Waals surface area (Å²) in [7, 11) is 0. The molecule has 3 aromatic rings. The number of aromatic amines is 1. The van der Waals surface area contributed by atoms with Gasteiger partial charge in [0.25, 0.3) is 0 Å². The van der Waals surface area contributed by atoms with Crippen molar-refractivity contribution in [2.75, 3.05) is 13.1 Å². The maximum Gasteiger partial charge on any atom is 0.0624 e. The van der Waals surface area contributed by atoms with Crippen LogP contribution in [-0.4, -0.2) is 28.0 Å². The fourth-order valence-corrected chi connectivity index (χ4v) is 3.45. The SMILES string of the molecule is c1ccc2c(C(c3ccncc3)N3CCCC3)c[nH]c2c1. The summed E-state index contributed by atoms with van der Waals surface area (Å²) in [6.07, 6.45) is 8.56. The Morgan fingerprint density at radius 3 is 2.57 bits per heavy atom. The van der Waals surface area contributed by atoms with Crippen molar-refractivity contribution in [3.63, 3.8) is 0 Å². The Morgan fingerprint density at radius 1 is 1.00 bits per heavy atom. The maximum atomic E-state index is 4.17. The Morgan fingerprint density at radius 2 is 1.76 bits per heavy atom. The molecular weight excluding hydrogens is 258 g/mol. The molecular formula is C18H19N3. The molecule has 3 heterocycles. The molecule has 3 nitrogen and oxygen atoms in total. The summed E-state index contributed by atoms with van der Waals surface area (Å²) in [5, 5.41) is 1.33. The van der Waals surface area contributed by atoms with Crippen molar-refractivity contribution in [1.29, 1.82) is 0 Å². The molecule has 0 bridgehead atoms. The molecule has 0 radical (unpaired) electrons. The van der Waals surface area contributed by atoms with Crippen molar-refractivity contribution in [3.05, 3.63) is 66.1 Å². The summed E-state index contributed by atoms with van der Waals surface area (Å²) < 4.78 is 0. The first kappa shape index (κ1) is 12.6. The van der Waals surface area contributed by atoms with Crippen LogP contribution in [0, 0.1) is 0 Å². The van der Waals surface area contributed by atoms with E-state index in [0.717, 1.165) is 0 Å². The van der Waals surface area contributed by atoms with Crippen molar-refractivity contribution in [2.24, 2.45) is 0 Å². The average Bonchev–Trinajstić information content (AvgIpc) is 3.20. The number of fused-ring (bicyclic) bond motifs is 1. The molecule has 1 fully saturated rings. The lowest BCUT2D eigenvalue weighted by molar-refractivity contribution is 0.282. The number of rotatable bonds is 3. The van der Waals surface area contributed by atoms with Crippen LogP contribution in [0.25, 0.3) is 10.9 Å². The second kappa shape index (κ2) is 5.34. The first-order valence-corrected chi connectivity index (χ1v) is 7.63. The highest BCUT2D eigenvalue weighted by Crippen LogP contribution is 2.35. The zero-order valence-corrected chi connectivity index (χ0v) is 12.0. The molecule has 0 aliphatic carbocycles. The van der Waals surface area contributed by atoms with Gasteiger partial charge in [-0.3, -0.25) is 9.88 Å². The summed E-state index contributed by atoms with van der Waals surface area (Å²) >= 11 is 0. The highest BCUT2D eigenvalue weighted by Gasteiger charge is 2.26. The number of hydrogen-bond acceptors (Lipinski definition) is 2. The molecule has 0 amide bonds. The van der Waals surface area contributed by atoms with Crippen LogP contribution < -0.4 is 0 Å². The van der Waals surface area contributed by atoms with Crippen LogP contribution in [0.4, 0.5) is 0 Å². The van der Waals surface area contributed by atoms with Gasteiger partial charge in [0, 0.05) is 29.5 Å². The van der Waals surface area contributed by atoms with E-state index in [1.54, 1.807) is 0 Å². The molecule has 1 atom stereocenters. The topological polar surface area (TPSA) is 31.9 Å². The van der Waals surface area contributed by atoms with Gasteiger partial charge in [0.15, 0.2) is 0 Å². The molecule has 1 unspecified atom stereocenters. The molecule has 21 heavy (non-hydrogen) atoms. The number of nitrogens with one attached hydrogen (secondary N) is 1. The van der Waals surface area contributed by atoms with Gasteiger partial charge in [-0.2, -0.15) is 0 Å². The standard InChI is InChI=1S/C18H19N3/c1-2-6-17-15(5-1)16(13-20-17)18(21-11-3-4-12-21)14-7-9-19-10-8-14/h1-2,5-10,13,18,20H,3-4,11-12H2. The van der Waals surface area contributed by atoms with Gasteiger partial charge in [-0.25, -0.2) is 0 Å². The van der Waals surface area contributed by atoms with E-state index in [4.69, 9.17) is 0 Å². The van der Waals surface area contributed by atoms with Crippen LogP contribution in [0.3, 0.4) is 0 Å². The van der Waals surface area contributed by atoms with Crippen LogP contribution in [0.1, 0.15) is 30.0 Å². The quantitative estimate of drug-likeness (QED) is 0.790. The largest absolute Gasteiger partial charge is 0.361 e. The minimum atomic E-state index is 0.326. The summed E-state index contributed by atoms with van der Waals surface area (Å²) in [4.78, 5) is 10.2. The lowest BCUT2D eigenvalue weighted by atomic mass is 9.97. The number of H-pyrrole nitrogens is 1. The molecule has 1 N–H and O–H groups in total. The lowest BCUT2D eigenvalue weighted by Gasteiger charge is -2.27. The number of para-hydroxylation sites is 1. The summed E-state index contributed by atoms with van der Waals surface area (Å²) in [6.45, 7) is 2.35. The maximum absolute atomic E-state index is 4.17. The van der Waals surface area contributed by atoms with Gasteiger partial charge in [0.05, 0.1) is 6.04 Å². The zero-order chi connectivity index (χ0) is 14.1. The molecule has 1 aliphatic heterocycles. The first-order valence-electron chi connectivity index (χ1n) is 7.63. The van der Waals surface area contributed by atoms with Crippen molar-refractivity contribution < 1.29 is 0 Å². The van der Waals surface area contributed by atoms with Crippen LogP contribution in [0.2, 0.25) is 0 Å². The fourth-order valence-electron chi connectivity index (χ4n) is 3.45. The van der Waals surface area contributed by atoms with E-state index in [-0.39, 0.29) is 0 Å². The normalized spacial score (nSPS) is 17.3. The molecule has 3 heteroatoms. The van der Waals surface area contributed by atoms with Crippen molar-refractivity contribution in [2.45, 2.75) is 18.9 Å². The van der Waals surface area contributed by atoms with Crippen molar-refractivity contribution in [1.82, 2.24) is 14.9 Å². The van der Waals surface area contributed by atoms with E-state index < -0.39 is 0 Å². The van der Waals surface area contributed by atoms with Gasteiger partial charge in [-0.05, 0) is 55.3 Å². The van der Waals surface area contributed by atoms with Gasteiger partial charge in [-0.1, -0.05) is 18.2 Å². The Labute approximate surface area is 124 Å².